The summed E-state index contributed by atoms with van der Waals surface area (Å²) < 4.78 is 24.5. The molecule has 0 aromatic rings. The van der Waals surface area contributed by atoms with Crippen LogP contribution in [0.25, 0.3) is 0 Å². The number of amides is 2. The summed E-state index contributed by atoms with van der Waals surface area (Å²) in [5.41, 5.74) is -0.800. The Kier molecular flexibility index (Phi) is 6.77. The maximum atomic E-state index is 11.4. The highest BCUT2D eigenvalue weighted by Crippen LogP contribution is 2.01. The molecule has 0 saturated carbocycles. The van der Waals surface area contributed by atoms with E-state index in [0.717, 1.165) is 6.26 Å². The molecule has 9 heteroatoms. The van der Waals surface area contributed by atoms with Crippen LogP contribution in [0.2, 0.25) is 0 Å². The molecule has 0 aliphatic heterocycles. The molecule has 0 rings (SSSR count). The van der Waals surface area contributed by atoms with Crippen LogP contribution >= 0.6 is 0 Å². The normalized spacial score (nSPS) is 11.9. The van der Waals surface area contributed by atoms with Crippen molar-refractivity contribution in [1.29, 1.82) is 0 Å². The van der Waals surface area contributed by atoms with Gasteiger partial charge in [-0.2, -0.15) is 0 Å². The Bertz CT molecular complexity index is 419. The molecule has 0 aromatic carbocycles. The second-order valence-electron chi connectivity index (χ2n) is 4.86. The van der Waals surface area contributed by atoms with Crippen LogP contribution in [0, 0.1) is 0 Å². The van der Waals surface area contributed by atoms with Crippen molar-refractivity contribution in [1.82, 2.24) is 15.4 Å². The van der Waals surface area contributed by atoms with Crippen LogP contribution < -0.4 is 15.4 Å². The SMILES string of the molecule is CC(C)(CNC(=O)NCCCC(=O)O)NS(C)(=O)=O. The number of rotatable bonds is 8. The van der Waals surface area contributed by atoms with Crippen molar-refractivity contribution in [3.05, 3.63) is 0 Å². The Hall–Kier alpha value is -1.35. The Morgan fingerprint density at radius 1 is 1.21 bits per heavy atom. The summed E-state index contributed by atoms with van der Waals surface area (Å²) in [7, 11) is -3.35. The maximum Gasteiger partial charge on any atom is 0.314 e. The highest BCUT2D eigenvalue weighted by Gasteiger charge is 2.22. The van der Waals surface area contributed by atoms with Crippen molar-refractivity contribution >= 4 is 22.0 Å². The molecular weight excluding hydrogens is 274 g/mol. The summed E-state index contributed by atoms with van der Waals surface area (Å²) in [6.07, 6.45) is 1.37. The molecule has 0 aliphatic rings. The van der Waals surface area contributed by atoms with Crippen molar-refractivity contribution in [2.45, 2.75) is 32.2 Å². The minimum Gasteiger partial charge on any atom is -0.481 e. The number of carboxylic acids is 1. The van der Waals surface area contributed by atoms with Crippen LogP contribution in [0.15, 0.2) is 0 Å². The molecule has 0 heterocycles. The number of urea groups is 1. The maximum absolute atomic E-state index is 11.4. The Morgan fingerprint density at radius 3 is 2.26 bits per heavy atom. The van der Waals surface area contributed by atoms with E-state index in [4.69, 9.17) is 5.11 Å². The zero-order valence-corrected chi connectivity index (χ0v) is 12.1. The molecule has 112 valence electrons. The molecule has 2 amide bonds. The van der Waals surface area contributed by atoms with Gasteiger partial charge in [0, 0.05) is 25.0 Å². The lowest BCUT2D eigenvalue weighted by Crippen LogP contribution is -2.52. The van der Waals surface area contributed by atoms with Gasteiger partial charge in [-0.05, 0) is 20.3 Å². The van der Waals surface area contributed by atoms with Crippen molar-refractivity contribution < 1.29 is 23.1 Å². The summed E-state index contributed by atoms with van der Waals surface area (Å²) >= 11 is 0. The van der Waals surface area contributed by atoms with Crippen LogP contribution in [0.5, 0.6) is 0 Å². The molecule has 8 nitrogen and oxygen atoms in total. The molecule has 0 aliphatic carbocycles. The van der Waals surface area contributed by atoms with E-state index >= 15 is 0 Å². The first kappa shape index (κ1) is 17.6. The summed E-state index contributed by atoms with van der Waals surface area (Å²) in [6.45, 7) is 3.64. The van der Waals surface area contributed by atoms with E-state index in [2.05, 4.69) is 15.4 Å². The van der Waals surface area contributed by atoms with E-state index in [-0.39, 0.29) is 19.5 Å². The molecule has 0 atom stereocenters. The van der Waals surface area contributed by atoms with Gasteiger partial charge in [0.15, 0.2) is 0 Å². The molecule has 0 spiro atoms. The first-order valence-electron chi connectivity index (χ1n) is 5.74. The van der Waals surface area contributed by atoms with Gasteiger partial charge in [-0.15, -0.1) is 0 Å². The van der Waals surface area contributed by atoms with Crippen LogP contribution in [0.3, 0.4) is 0 Å². The molecule has 0 aromatic heterocycles. The monoisotopic (exact) mass is 295 g/mol. The minimum atomic E-state index is -3.35. The largest absolute Gasteiger partial charge is 0.481 e. The number of hydrogen-bond acceptors (Lipinski definition) is 4. The molecule has 0 saturated heterocycles. The van der Waals surface area contributed by atoms with Gasteiger partial charge in [0.05, 0.1) is 6.26 Å². The van der Waals surface area contributed by atoms with Crippen molar-refractivity contribution in [3.8, 4) is 0 Å². The van der Waals surface area contributed by atoms with E-state index < -0.39 is 27.6 Å². The first-order valence-corrected chi connectivity index (χ1v) is 7.63. The molecule has 4 N–H and O–H groups in total. The van der Waals surface area contributed by atoms with Gasteiger partial charge in [-0.25, -0.2) is 17.9 Å². The number of carboxylic acid groups (broad SMARTS) is 1. The highest BCUT2D eigenvalue weighted by atomic mass is 32.2. The fourth-order valence-corrected chi connectivity index (χ4v) is 2.42. The quantitative estimate of drug-likeness (QED) is 0.448. The van der Waals surface area contributed by atoms with Gasteiger partial charge in [0.25, 0.3) is 0 Å². The third kappa shape index (κ3) is 11.5. The summed E-state index contributed by atoms with van der Waals surface area (Å²) in [5.74, 6) is -0.916. The number of sulfonamides is 1. The van der Waals surface area contributed by atoms with Gasteiger partial charge >= 0.3 is 12.0 Å². The van der Waals surface area contributed by atoms with Crippen LogP contribution in [-0.2, 0) is 14.8 Å². The average molecular weight is 295 g/mol. The fraction of sp³-hybridized carbons (Fsp3) is 0.800. The zero-order chi connectivity index (χ0) is 15.1. The van der Waals surface area contributed by atoms with E-state index in [1.54, 1.807) is 13.8 Å². The lowest BCUT2D eigenvalue weighted by atomic mass is 10.1. The average Bonchev–Trinajstić information content (AvgIpc) is 2.18. The summed E-state index contributed by atoms with van der Waals surface area (Å²) in [5, 5.41) is 13.4. The van der Waals surface area contributed by atoms with Crippen LogP contribution in [-0.4, -0.2) is 50.4 Å². The number of hydrogen-bond donors (Lipinski definition) is 4. The standard InChI is InChI=1S/C10H21N3O5S/c1-10(2,13-19(3,17)18)7-12-9(16)11-6-4-5-8(14)15/h13H,4-7H2,1-3H3,(H,14,15)(H2,11,12,16). The van der Waals surface area contributed by atoms with E-state index in [1.807, 2.05) is 0 Å². The van der Waals surface area contributed by atoms with Gasteiger partial charge in [-0.3, -0.25) is 4.79 Å². The number of carbonyl (C=O) groups excluding carboxylic acids is 1. The third-order valence-corrected chi connectivity index (χ3v) is 2.93. The summed E-state index contributed by atoms with van der Waals surface area (Å²) in [6, 6.07) is -0.464. The first-order chi connectivity index (χ1) is 8.52. The molecule has 0 fully saturated rings. The molecular formula is C10H21N3O5S. The second-order valence-corrected chi connectivity index (χ2v) is 6.61. The fourth-order valence-electron chi connectivity index (χ4n) is 1.34. The van der Waals surface area contributed by atoms with Crippen molar-refractivity contribution in [3.63, 3.8) is 0 Å². The topological polar surface area (TPSA) is 125 Å². The summed E-state index contributed by atoms with van der Waals surface area (Å²) in [4.78, 5) is 21.6. The predicted octanol–water partition coefficient (Wildman–Crippen LogP) is -0.522. The Balaban J connectivity index is 3.92. The number of carbonyl (C=O) groups is 2. The number of aliphatic carboxylic acids is 1. The minimum absolute atomic E-state index is 0.0125. The van der Waals surface area contributed by atoms with Crippen molar-refractivity contribution in [2.75, 3.05) is 19.3 Å². The lowest BCUT2D eigenvalue weighted by molar-refractivity contribution is -0.137. The van der Waals surface area contributed by atoms with Gasteiger partial charge in [-0.1, -0.05) is 0 Å². The van der Waals surface area contributed by atoms with Crippen molar-refractivity contribution in [2.24, 2.45) is 0 Å². The second kappa shape index (κ2) is 7.29. The highest BCUT2D eigenvalue weighted by molar-refractivity contribution is 7.88. The van der Waals surface area contributed by atoms with Gasteiger partial charge in [0.1, 0.15) is 0 Å². The smallest absolute Gasteiger partial charge is 0.314 e. The van der Waals surface area contributed by atoms with E-state index in [9.17, 15) is 18.0 Å². The van der Waals surface area contributed by atoms with Crippen LogP contribution in [0.1, 0.15) is 26.7 Å². The molecule has 0 unspecified atom stereocenters. The van der Waals surface area contributed by atoms with Crippen LogP contribution in [0.4, 0.5) is 4.79 Å². The number of nitrogens with one attached hydrogen (secondary N) is 3. The zero-order valence-electron chi connectivity index (χ0n) is 11.3. The molecule has 0 bridgehead atoms. The third-order valence-electron chi connectivity index (χ3n) is 2.01. The van der Waals surface area contributed by atoms with Gasteiger partial charge < -0.3 is 15.7 Å². The molecule has 19 heavy (non-hydrogen) atoms. The van der Waals surface area contributed by atoms with Gasteiger partial charge in [0.2, 0.25) is 10.0 Å². The predicted molar refractivity (Wildman–Crippen MR) is 70.3 cm³/mol. The Labute approximate surface area is 113 Å². The molecule has 0 radical (unpaired) electrons. The van der Waals surface area contributed by atoms with E-state index in [1.165, 1.54) is 0 Å². The lowest BCUT2D eigenvalue weighted by Gasteiger charge is -2.25. The van der Waals surface area contributed by atoms with E-state index in [0.29, 0.717) is 6.42 Å². The Morgan fingerprint density at radius 2 is 1.79 bits per heavy atom.